The van der Waals surface area contributed by atoms with Crippen molar-refractivity contribution in [3.8, 4) is 0 Å². The van der Waals surface area contributed by atoms with Gasteiger partial charge in [-0.1, -0.05) is 12.8 Å². The van der Waals surface area contributed by atoms with Crippen molar-refractivity contribution in [2.24, 2.45) is 16.8 Å². The van der Waals surface area contributed by atoms with Crippen molar-refractivity contribution in [2.45, 2.75) is 51.0 Å². The van der Waals surface area contributed by atoms with Crippen molar-refractivity contribution in [1.29, 1.82) is 0 Å². The largest absolute Gasteiger partial charge is 0.469 e. The molecule has 0 aromatic heterocycles. The summed E-state index contributed by atoms with van der Waals surface area (Å²) in [5, 5.41) is 3.60. The monoisotopic (exact) mass is 513 g/mol. The van der Waals surface area contributed by atoms with E-state index in [2.05, 4.69) is 10.2 Å². The maximum absolute atomic E-state index is 11.7. The lowest BCUT2D eigenvalue weighted by molar-refractivity contribution is -0.146. The third-order valence-corrected chi connectivity index (χ3v) is 7.68. The van der Waals surface area contributed by atoms with Crippen LogP contribution in [0.5, 0.6) is 0 Å². The number of sulfone groups is 1. The van der Waals surface area contributed by atoms with Crippen molar-refractivity contribution >= 4 is 45.7 Å². The highest BCUT2D eigenvalue weighted by Crippen LogP contribution is 2.22. The number of methoxy groups -OCH3 is 1. The highest BCUT2D eigenvalue weighted by molar-refractivity contribution is 14.0. The molecule has 9 heteroatoms. The summed E-state index contributed by atoms with van der Waals surface area (Å²) in [6.07, 6.45) is 7.08. The zero-order chi connectivity index (χ0) is 18.6. The zero-order valence-corrected chi connectivity index (χ0v) is 19.2. The van der Waals surface area contributed by atoms with E-state index in [-0.39, 0.29) is 47.5 Å². The van der Waals surface area contributed by atoms with E-state index in [1.54, 1.807) is 0 Å². The van der Waals surface area contributed by atoms with Crippen molar-refractivity contribution in [2.75, 3.05) is 38.2 Å². The average molecular weight is 513 g/mol. The molecular formula is C18H32IN3O4S. The molecule has 2 heterocycles. The topological polar surface area (TPSA) is 88.1 Å². The predicted octanol–water partition coefficient (Wildman–Crippen LogP) is 1.81. The molecular weight excluding hydrogens is 481 g/mol. The predicted molar refractivity (Wildman–Crippen MR) is 116 cm³/mol. The van der Waals surface area contributed by atoms with Crippen LogP contribution in [0.1, 0.15) is 44.9 Å². The van der Waals surface area contributed by atoms with E-state index in [0.29, 0.717) is 24.8 Å². The Labute approximate surface area is 179 Å². The molecule has 3 rings (SSSR count). The maximum Gasteiger partial charge on any atom is 0.308 e. The Bertz CT molecular complexity index is 627. The Kier molecular flexibility index (Phi) is 8.64. The molecule has 7 nitrogen and oxygen atoms in total. The molecule has 0 radical (unpaired) electrons. The number of carbonyl (C=O) groups excluding carboxylic acids is 1. The molecule has 1 saturated carbocycles. The van der Waals surface area contributed by atoms with E-state index in [0.717, 1.165) is 44.7 Å². The summed E-state index contributed by atoms with van der Waals surface area (Å²) in [5.41, 5.74) is 0. The van der Waals surface area contributed by atoms with Crippen LogP contribution in [0.2, 0.25) is 0 Å². The number of aliphatic imine (C=N–C) groups is 1. The first kappa shape index (κ1) is 22.7. The van der Waals surface area contributed by atoms with E-state index in [1.165, 1.54) is 20.0 Å². The fraction of sp³-hybridized carbons (Fsp3) is 0.889. The van der Waals surface area contributed by atoms with E-state index < -0.39 is 9.84 Å². The smallest absolute Gasteiger partial charge is 0.308 e. The Morgan fingerprint density at radius 2 is 1.81 bits per heavy atom. The molecule has 1 N–H and O–H groups in total. The maximum atomic E-state index is 11.7. The Hall–Kier alpha value is -0.580. The van der Waals surface area contributed by atoms with Crippen LogP contribution >= 0.6 is 24.0 Å². The fourth-order valence-electron chi connectivity index (χ4n) is 4.21. The summed E-state index contributed by atoms with van der Waals surface area (Å²) in [5.74, 6) is 1.44. The molecule has 0 bridgehead atoms. The van der Waals surface area contributed by atoms with Crippen LogP contribution in [-0.2, 0) is 19.4 Å². The molecule has 2 aliphatic heterocycles. The molecule has 3 aliphatic rings. The molecule has 0 aromatic rings. The summed E-state index contributed by atoms with van der Waals surface area (Å²) >= 11 is 0. The number of hydrogen-bond donors (Lipinski definition) is 1. The average Bonchev–Trinajstić information content (AvgIpc) is 3.27. The quantitative estimate of drug-likeness (QED) is 0.267. The van der Waals surface area contributed by atoms with Gasteiger partial charge in [0, 0.05) is 25.7 Å². The van der Waals surface area contributed by atoms with Crippen LogP contribution in [-0.4, -0.2) is 69.5 Å². The molecule has 2 saturated heterocycles. The van der Waals surface area contributed by atoms with Gasteiger partial charge in [0.1, 0.15) is 0 Å². The lowest BCUT2D eigenvalue weighted by Gasteiger charge is -2.34. The lowest BCUT2D eigenvalue weighted by atomic mass is 9.97. The van der Waals surface area contributed by atoms with Gasteiger partial charge in [-0.3, -0.25) is 9.79 Å². The summed E-state index contributed by atoms with van der Waals surface area (Å²) in [6.45, 7) is 2.12. The minimum Gasteiger partial charge on any atom is -0.469 e. The molecule has 3 fully saturated rings. The van der Waals surface area contributed by atoms with E-state index in [1.807, 2.05) is 0 Å². The van der Waals surface area contributed by atoms with Crippen LogP contribution in [0.25, 0.3) is 0 Å². The molecule has 1 atom stereocenters. The number of likely N-dealkylation sites (tertiary alicyclic amines) is 1. The molecule has 156 valence electrons. The van der Waals surface area contributed by atoms with Crippen molar-refractivity contribution in [3.63, 3.8) is 0 Å². The van der Waals surface area contributed by atoms with Gasteiger partial charge in [-0.15, -0.1) is 24.0 Å². The van der Waals surface area contributed by atoms with E-state index >= 15 is 0 Å². The Morgan fingerprint density at radius 3 is 2.37 bits per heavy atom. The number of esters is 1. The number of carbonyl (C=O) groups is 1. The molecule has 0 amide bonds. The van der Waals surface area contributed by atoms with Crippen molar-refractivity contribution in [1.82, 2.24) is 10.2 Å². The van der Waals surface area contributed by atoms with Gasteiger partial charge in [0.15, 0.2) is 15.8 Å². The number of piperidine rings is 1. The van der Waals surface area contributed by atoms with Crippen LogP contribution in [0.15, 0.2) is 4.99 Å². The molecule has 1 aliphatic carbocycles. The van der Waals surface area contributed by atoms with Gasteiger partial charge >= 0.3 is 5.97 Å². The minimum atomic E-state index is -2.86. The second kappa shape index (κ2) is 10.3. The number of nitrogens with one attached hydrogen (secondary N) is 1. The standard InChI is InChI=1S/C18H31N3O4S.HI/c1-25-17(22)15-6-9-21(10-7-15)18(20-16-4-2-3-5-16)19-12-14-8-11-26(23,24)13-14;/h14-16H,2-13H2,1H3,(H,19,20);1H. The van der Waals surface area contributed by atoms with Gasteiger partial charge in [-0.25, -0.2) is 8.42 Å². The highest BCUT2D eigenvalue weighted by Gasteiger charge is 2.30. The third-order valence-electron chi connectivity index (χ3n) is 5.84. The third kappa shape index (κ3) is 6.47. The number of halogens is 1. The van der Waals surface area contributed by atoms with E-state index in [9.17, 15) is 13.2 Å². The Balaban J connectivity index is 0.00000261. The van der Waals surface area contributed by atoms with Crippen LogP contribution in [0, 0.1) is 11.8 Å². The summed E-state index contributed by atoms with van der Waals surface area (Å²) < 4.78 is 28.2. The van der Waals surface area contributed by atoms with E-state index in [4.69, 9.17) is 9.73 Å². The summed E-state index contributed by atoms with van der Waals surface area (Å²) in [6, 6.07) is 0.458. The fourth-order valence-corrected chi connectivity index (χ4v) is 6.06. The zero-order valence-electron chi connectivity index (χ0n) is 16.1. The first-order chi connectivity index (χ1) is 12.5. The second-order valence-corrected chi connectivity index (χ2v) is 10.1. The number of rotatable bonds is 4. The lowest BCUT2D eigenvalue weighted by Crippen LogP contribution is -2.49. The second-order valence-electron chi connectivity index (χ2n) is 7.84. The molecule has 1 unspecified atom stereocenters. The van der Waals surface area contributed by atoms with Gasteiger partial charge in [0.2, 0.25) is 0 Å². The normalized spacial score (nSPS) is 26.6. The molecule has 0 aromatic carbocycles. The van der Waals surface area contributed by atoms with Gasteiger partial charge in [-0.05, 0) is 38.0 Å². The highest BCUT2D eigenvalue weighted by atomic mass is 127. The van der Waals surface area contributed by atoms with Crippen molar-refractivity contribution in [3.05, 3.63) is 0 Å². The van der Waals surface area contributed by atoms with Crippen LogP contribution in [0.3, 0.4) is 0 Å². The van der Waals surface area contributed by atoms with Crippen LogP contribution < -0.4 is 5.32 Å². The SMILES string of the molecule is COC(=O)C1CCN(C(=NCC2CCS(=O)(=O)C2)NC2CCCC2)CC1.I. The van der Waals surface area contributed by atoms with Gasteiger partial charge in [0.25, 0.3) is 0 Å². The Morgan fingerprint density at radius 1 is 1.15 bits per heavy atom. The van der Waals surface area contributed by atoms with Gasteiger partial charge in [-0.2, -0.15) is 0 Å². The van der Waals surface area contributed by atoms with Gasteiger partial charge in [0.05, 0.1) is 24.5 Å². The first-order valence-corrected chi connectivity index (χ1v) is 11.6. The minimum absolute atomic E-state index is 0. The number of ether oxygens (including phenoxy) is 1. The summed E-state index contributed by atoms with van der Waals surface area (Å²) in [4.78, 5) is 18.8. The number of hydrogen-bond acceptors (Lipinski definition) is 5. The number of guanidine groups is 1. The first-order valence-electron chi connectivity index (χ1n) is 9.81. The van der Waals surface area contributed by atoms with Crippen molar-refractivity contribution < 1.29 is 17.9 Å². The van der Waals surface area contributed by atoms with Gasteiger partial charge < -0.3 is 15.0 Å². The molecule has 27 heavy (non-hydrogen) atoms. The summed E-state index contributed by atoms with van der Waals surface area (Å²) in [7, 11) is -1.42. The van der Waals surface area contributed by atoms with Crippen LogP contribution in [0.4, 0.5) is 0 Å². The number of nitrogens with zero attached hydrogens (tertiary/aromatic N) is 2. The molecule has 0 spiro atoms.